The van der Waals surface area contributed by atoms with Gasteiger partial charge in [-0.1, -0.05) is 11.6 Å². The third-order valence-corrected chi connectivity index (χ3v) is 3.44. The number of likely N-dealkylation sites (tertiary alicyclic amines) is 1. The molecule has 6 heteroatoms. The van der Waals surface area contributed by atoms with Gasteiger partial charge in [0.1, 0.15) is 11.0 Å². The largest absolute Gasteiger partial charge is 0.296 e. The molecule has 2 aromatic heterocycles. The van der Waals surface area contributed by atoms with Gasteiger partial charge in [-0.2, -0.15) is 5.10 Å². The molecular weight excluding hydrogens is 238 g/mol. The fraction of sp³-hybridized carbons (Fsp3) is 0.545. The van der Waals surface area contributed by atoms with Gasteiger partial charge in [-0.3, -0.25) is 9.58 Å². The average molecular weight is 252 g/mol. The summed E-state index contributed by atoms with van der Waals surface area (Å²) < 4.78 is 1.73. The number of hydrogen-bond donors (Lipinski definition) is 0. The van der Waals surface area contributed by atoms with Crippen molar-refractivity contribution in [1.82, 2.24) is 24.6 Å². The average Bonchev–Trinajstić information content (AvgIpc) is 2.90. The molecule has 3 heterocycles. The van der Waals surface area contributed by atoms with Crippen LogP contribution >= 0.6 is 11.6 Å². The molecule has 3 rings (SSSR count). The molecule has 0 bridgehead atoms. The minimum absolute atomic E-state index is 0.497. The Kier molecular flexibility index (Phi) is 2.72. The number of aromatic nitrogens is 4. The second-order valence-corrected chi connectivity index (χ2v) is 4.78. The molecule has 1 fully saturated rings. The Morgan fingerprint density at radius 1 is 1.29 bits per heavy atom. The van der Waals surface area contributed by atoms with Crippen molar-refractivity contribution in [2.75, 3.05) is 13.1 Å². The standard InChI is InChI=1S/C11H14ClN5/c1-16-11-8(6-13-16)10(12)14-9(15-11)7-17-4-2-3-5-17/h6H,2-5,7H2,1H3. The van der Waals surface area contributed by atoms with Gasteiger partial charge in [0.15, 0.2) is 5.65 Å². The highest BCUT2D eigenvalue weighted by molar-refractivity contribution is 6.33. The second kappa shape index (κ2) is 4.23. The van der Waals surface area contributed by atoms with Crippen LogP contribution in [0.3, 0.4) is 0 Å². The van der Waals surface area contributed by atoms with Crippen LogP contribution in [0, 0.1) is 0 Å². The van der Waals surface area contributed by atoms with E-state index in [-0.39, 0.29) is 0 Å². The van der Waals surface area contributed by atoms with Crippen LogP contribution in [0.2, 0.25) is 5.15 Å². The molecule has 0 N–H and O–H groups in total. The quantitative estimate of drug-likeness (QED) is 0.761. The maximum atomic E-state index is 6.14. The van der Waals surface area contributed by atoms with Gasteiger partial charge in [0.05, 0.1) is 18.1 Å². The predicted octanol–water partition coefficient (Wildman–Crippen LogP) is 1.61. The first kappa shape index (κ1) is 10.9. The summed E-state index contributed by atoms with van der Waals surface area (Å²) in [5, 5.41) is 5.46. The van der Waals surface area contributed by atoms with Crippen LogP contribution < -0.4 is 0 Å². The molecule has 0 spiro atoms. The monoisotopic (exact) mass is 251 g/mol. The normalized spacial score (nSPS) is 17.1. The van der Waals surface area contributed by atoms with Crippen molar-refractivity contribution in [3.63, 3.8) is 0 Å². The molecule has 0 atom stereocenters. The van der Waals surface area contributed by atoms with Gasteiger partial charge >= 0.3 is 0 Å². The van der Waals surface area contributed by atoms with E-state index in [4.69, 9.17) is 11.6 Å². The van der Waals surface area contributed by atoms with E-state index in [9.17, 15) is 0 Å². The predicted molar refractivity (Wildman–Crippen MR) is 65.8 cm³/mol. The van der Waals surface area contributed by atoms with E-state index in [1.54, 1.807) is 10.9 Å². The van der Waals surface area contributed by atoms with Crippen molar-refractivity contribution in [3.8, 4) is 0 Å². The molecule has 17 heavy (non-hydrogen) atoms. The molecule has 1 aliphatic rings. The van der Waals surface area contributed by atoms with Crippen molar-refractivity contribution >= 4 is 22.6 Å². The lowest BCUT2D eigenvalue weighted by molar-refractivity contribution is 0.323. The van der Waals surface area contributed by atoms with Gasteiger partial charge in [0, 0.05) is 7.05 Å². The summed E-state index contributed by atoms with van der Waals surface area (Å²) >= 11 is 6.14. The zero-order valence-corrected chi connectivity index (χ0v) is 10.5. The Balaban J connectivity index is 1.96. The number of aryl methyl sites for hydroxylation is 1. The van der Waals surface area contributed by atoms with E-state index in [2.05, 4.69) is 20.0 Å². The molecule has 0 radical (unpaired) electrons. The van der Waals surface area contributed by atoms with Crippen molar-refractivity contribution < 1.29 is 0 Å². The van der Waals surface area contributed by atoms with Gasteiger partial charge in [-0.15, -0.1) is 0 Å². The van der Waals surface area contributed by atoms with Crippen LogP contribution in [-0.2, 0) is 13.6 Å². The summed E-state index contributed by atoms with van der Waals surface area (Å²) in [5.74, 6) is 0.785. The molecule has 0 unspecified atom stereocenters. The lowest BCUT2D eigenvalue weighted by Crippen LogP contribution is -2.20. The Morgan fingerprint density at radius 3 is 2.82 bits per heavy atom. The fourth-order valence-corrected chi connectivity index (χ4v) is 2.47. The zero-order chi connectivity index (χ0) is 11.8. The van der Waals surface area contributed by atoms with Crippen molar-refractivity contribution in [2.45, 2.75) is 19.4 Å². The summed E-state index contributed by atoms with van der Waals surface area (Å²) in [4.78, 5) is 11.2. The van der Waals surface area contributed by atoms with Crippen molar-refractivity contribution in [3.05, 3.63) is 17.2 Å². The smallest absolute Gasteiger partial charge is 0.162 e. The maximum Gasteiger partial charge on any atom is 0.162 e. The molecule has 2 aromatic rings. The summed E-state index contributed by atoms with van der Waals surface area (Å²) in [6, 6.07) is 0. The summed E-state index contributed by atoms with van der Waals surface area (Å²) in [6.07, 6.45) is 4.24. The van der Waals surface area contributed by atoms with Crippen LogP contribution in [0.4, 0.5) is 0 Å². The molecule has 5 nitrogen and oxygen atoms in total. The highest BCUT2D eigenvalue weighted by atomic mass is 35.5. The Hall–Kier alpha value is -1.20. The highest BCUT2D eigenvalue weighted by Crippen LogP contribution is 2.20. The zero-order valence-electron chi connectivity index (χ0n) is 9.73. The van der Waals surface area contributed by atoms with E-state index >= 15 is 0 Å². The van der Waals surface area contributed by atoms with E-state index in [0.717, 1.165) is 36.5 Å². The van der Waals surface area contributed by atoms with E-state index < -0.39 is 0 Å². The molecular formula is C11H14ClN5. The van der Waals surface area contributed by atoms with Crippen LogP contribution in [-0.4, -0.2) is 37.7 Å². The summed E-state index contributed by atoms with van der Waals surface area (Å²) in [5.41, 5.74) is 0.805. The van der Waals surface area contributed by atoms with Crippen LogP contribution in [0.25, 0.3) is 11.0 Å². The van der Waals surface area contributed by atoms with Crippen LogP contribution in [0.5, 0.6) is 0 Å². The van der Waals surface area contributed by atoms with Crippen LogP contribution in [0.1, 0.15) is 18.7 Å². The number of halogens is 1. The fourth-order valence-electron chi connectivity index (χ4n) is 2.24. The van der Waals surface area contributed by atoms with E-state index in [0.29, 0.717) is 5.15 Å². The summed E-state index contributed by atoms with van der Waals surface area (Å²) in [6.45, 7) is 3.04. The highest BCUT2D eigenvalue weighted by Gasteiger charge is 2.15. The lowest BCUT2D eigenvalue weighted by Gasteiger charge is -2.13. The maximum absolute atomic E-state index is 6.14. The molecule has 0 aliphatic carbocycles. The minimum atomic E-state index is 0.497. The first-order valence-electron chi connectivity index (χ1n) is 5.80. The Morgan fingerprint density at radius 2 is 2.06 bits per heavy atom. The van der Waals surface area contributed by atoms with Crippen molar-refractivity contribution in [1.29, 1.82) is 0 Å². The third kappa shape index (κ3) is 2.00. The molecule has 0 amide bonds. The van der Waals surface area contributed by atoms with E-state index in [1.807, 2.05) is 7.05 Å². The number of nitrogens with zero attached hydrogens (tertiary/aromatic N) is 5. The van der Waals surface area contributed by atoms with Gasteiger partial charge < -0.3 is 0 Å². The number of fused-ring (bicyclic) bond motifs is 1. The number of rotatable bonds is 2. The second-order valence-electron chi connectivity index (χ2n) is 4.42. The minimum Gasteiger partial charge on any atom is -0.296 e. The molecule has 1 aliphatic heterocycles. The van der Waals surface area contributed by atoms with E-state index in [1.165, 1.54) is 12.8 Å². The molecule has 0 saturated carbocycles. The lowest BCUT2D eigenvalue weighted by atomic mass is 10.4. The molecule has 0 aromatic carbocycles. The Bertz CT molecular complexity index is 544. The molecule has 90 valence electrons. The van der Waals surface area contributed by atoms with Gasteiger partial charge in [0.25, 0.3) is 0 Å². The van der Waals surface area contributed by atoms with Crippen molar-refractivity contribution in [2.24, 2.45) is 7.05 Å². The summed E-state index contributed by atoms with van der Waals surface area (Å²) in [7, 11) is 1.87. The number of hydrogen-bond acceptors (Lipinski definition) is 4. The topological polar surface area (TPSA) is 46.8 Å². The van der Waals surface area contributed by atoms with Gasteiger partial charge in [-0.05, 0) is 25.9 Å². The Labute approximate surface area is 104 Å². The van der Waals surface area contributed by atoms with Crippen LogP contribution in [0.15, 0.2) is 6.20 Å². The third-order valence-electron chi connectivity index (χ3n) is 3.16. The SMILES string of the molecule is Cn1ncc2c(Cl)nc(CN3CCCC3)nc21. The molecule has 1 saturated heterocycles. The first-order valence-corrected chi connectivity index (χ1v) is 6.18. The van der Waals surface area contributed by atoms with Gasteiger partial charge in [-0.25, -0.2) is 9.97 Å². The first-order chi connectivity index (χ1) is 8.24. The van der Waals surface area contributed by atoms with Gasteiger partial charge in [0.2, 0.25) is 0 Å².